The van der Waals surface area contributed by atoms with Crippen molar-refractivity contribution in [1.29, 1.82) is 0 Å². The Balaban J connectivity index is 1.96. The van der Waals surface area contributed by atoms with Gasteiger partial charge in [-0.2, -0.15) is 13.2 Å². The van der Waals surface area contributed by atoms with Crippen molar-refractivity contribution in [3.63, 3.8) is 0 Å². The molecule has 1 unspecified atom stereocenters. The molecule has 0 saturated carbocycles. The summed E-state index contributed by atoms with van der Waals surface area (Å²) >= 11 is 0. The van der Waals surface area contributed by atoms with E-state index in [1.165, 1.54) is 18.3 Å². The Bertz CT molecular complexity index is 986. The van der Waals surface area contributed by atoms with Gasteiger partial charge in [0.2, 0.25) is 0 Å². The normalized spacial score (nSPS) is 12.8. The smallest absolute Gasteiger partial charge is 0.382 e. The van der Waals surface area contributed by atoms with Crippen molar-refractivity contribution < 1.29 is 27.6 Å². The molecule has 140 valence electrons. The molecule has 0 aliphatic rings. The van der Waals surface area contributed by atoms with Gasteiger partial charge in [0, 0.05) is 6.07 Å². The summed E-state index contributed by atoms with van der Waals surface area (Å²) < 4.78 is 53.1. The van der Waals surface area contributed by atoms with Gasteiger partial charge < -0.3 is 5.11 Å². The van der Waals surface area contributed by atoms with Crippen molar-refractivity contribution in [1.82, 2.24) is 15.0 Å². The molecule has 1 atom stereocenters. The summed E-state index contributed by atoms with van der Waals surface area (Å²) in [6.45, 7) is 0. The average Bonchev–Trinajstić information content (AvgIpc) is 3.10. The number of benzene rings is 2. The summed E-state index contributed by atoms with van der Waals surface area (Å²) in [5, 5.41) is 28.4. The number of alkyl halides is 3. The molecule has 11 heteroatoms. The minimum absolute atomic E-state index is 0.00789. The third-order valence-electron chi connectivity index (χ3n) is 3.72. The van der Waals surface area contributed by atoms with Crippen LogP contribution in [0.1, 0.15) is 22.9 Å². The second-order valence-electron chi connectivity index (χ2n) is 5.50. The first-order valence-electron chi connectivity index (χ1n) is 7.38. The summed E-state index contributed by atoms with van der Waals surface area (Å²) in [5.41, 5.74) is -2.33. The summed E-state index contributed by atoms with van der Waals surface area (Å²) in [7, 11) is 0. The van der Waals surface area contributed by atoms with Crippen LogP contribution in [-0.4, -0.2) is 25.0 Å². The first-order valence-corrected chi connectivity index (χ1v) is 7.38. The molecule has 1 N–H and O–H groups in total. The zero-order valence-electron chi connectivity index (χ0n) is 13.3. The molecule has 0 aliphatic carbocycles. The fraction of sp³-hybridized carbons (Fsp3) is 0.125. The van der Waals surface area contributed by atoms with Gasteiger partial charge in [-0.1, -0.05) is 17.3 Å². The van der Waals surface area contributed by atoms with Crippen LogP contribution in [0, 0.1) is 15.9 Å². The van der Waals surface area contributed by atoms with Crippen LogP contribution in [0.2, 0.25) is 0 Å². The highest BCUT2D eigenvalue weighted by atomic mass is 19.4. The maximum atomic E-state index is 13.1. The number of halogens is 4. The van der Waals surface area contributed by atoms with Gasteiger partial charge in [-0.25, -0.2) is 9.07 Å². The Morgan fingerprint density at radius 2 is 1.81 bits per heavy atom. The van der Waals surface area contributed by atoms with E-state index in [2.05, 4.69) is 10.3 Å². The molecule has 1 aromatic heterocycles. The molecule has 3 rings (SSSR count). The number of aliphatic hydroxyl groups excluding tert-OH is 1. The molecular formula is C16H10F4N4O3. The predicted molar refractivity (Wildman–Crippen MR) is 83.5 cm³/mol. The molecule has 0 fully saturated rings. The first kappa shape index (κ1) is 18.5. The second-order valence-corrected chi connectivity index (χ2v) is 5.50. The SMILES string of the molecule is O=[N+]([O-])c1ccc(-n2cc(C(O)c3ccc(F)cc3)nn2)cc1C(F)(F)F. The minimum Gasteiger partial charge on any atom is -0.382 e. The van der Waals surface area contributed by atoms with Crippen molar-refractivity contribution in [2.24, 2.45) is 0 Å². The van der Waals surface area contributed by atoms with Gasteiger partial charge in [0.1, 0.15) is 23.2 Å². The summed E-state index contributed by atoms with van der Waals surface area (Å²) in [6.07, 6.45) is -5.04. The van der Waals surface area contributed by atoms with Gasteiger partial charge in [-0.05, 0) is 29.8 Å². The van der Waals surface area contributed by atoms with E-state index in [0.717, 1.165) is 28.9 Å². The van der Waals surface area contributed by atoms with Crippen LogP contribution in [0.5, 0.6) is 0 Å². The summed E-state index contributed by atoms with van der Waals surface area (Å²) in [4.78, 5) is 9.67. The number of rotatable bonds is 4. The van der Waals surface area contributed by atoms with E-state index in [1.807, 2.05) is 0 Å². The van der Waals surface area contributed by atoms with Crippen molar-refractivity contribution in [2.75, 3.05) is 0 Å². The summed E-state index contributed by atoms with van der Waals surface area (Å²) in [6, 6.07) is 7.29. The number of aromatic nitrogens is 3. The molecule has 0 radical (unpaired) electrons. The number of aliphatic hydroxyl groups is 1. The van der Waals surface area contributed by atoms with Gasteiger partial charge in [-0.15, -0.1) is 5.10 Å². The summed E-state index contributed by atoms with van der Waals surface area (Å²) in [5.74, 6) is -0.500. The highest BCUT2D eigenvalue weighted by molar-refractivity contribution is 5.49. The molecule has 2 aromatic carbocycles. The van der Waals surface area contributed by atoms with Crippen LogP contribution in [0.15, 0.2) is 48.7 Å². The molecule has 1 heterocycles. The Labute approximate surface area is 148 Å². The van der Waals surface area contributed by atoms with Gasteiger partial charge in [0.05, 0.1) is 16.8 Å². The van der Waals surface area contributed by atoms with Crippen molar-refractivity contribution in [2.45, 2.75) is 12.3 Å². The van der Waals surface area contributed by atoms with Crippen LogP contribution in [-0.2, 0) is 6.18 Å². The van der Waals surface area contributed by atoms with Crippen LogP contribution in [0.4, 0.5) is 23.2 Å². The van der Waals surface area contributed by atoms with Gasteiger partial charge in [-0.3, -0.25) is 10.1 Å². The van der Waals surface area contributed by atoms with Crippen LogP contribution < -0.4 is 0 Å². The topological polar surface area (TPSA) is 94.1 Å². The van der Waals surface area contributed by atoms with Crippen LogP contribution >= 0.6 is 0 Å². The lowest BCUT2D eigenvalue weighted by atomic mass is 10.1. The Kier molecular flexibility index (Phi) is 4.62. The standard InChI is InChI=1S/C16H10F4N4O3/c17-10-3-1-9(2-4-10)15(25)13-8-23(22-21-13)11-5-6-14(24(26)27)12(7-11)16(18,19)20/h1-8,15,25H. The van der Waals surface area contributed by atoms with E-state index >= 15 is 0 Å². The third kappa shape index (κ3) is 3.77. The fourth-order valence-corrected chi connectivity index (χ4v) is 2.40. The fourth-order valence-electron chi connectivity index (χ4n) is 2.40. The first-order chi connectivity index (χ1) is 12.7. The number of hydrogen-bond acceptors (Lipinski definition) is 5. The molecule has 0 amide bonds. The number of nitro groups is 1. The highest BCUT2D eigenvalue weighted by Gasteiger charge is 2.38. The molecule has 7 nitrogen and oxygen atoms in total. The molecule has 0 aliphatic heterocycles. The maximum Gasteiger partial charge on any atom is 0.423 e. The maximum absolute atomic E-state index is 13.1. The average molecular weight is 382 g/mol. The van der Waals surface area contributed by atoms with E-state index in [1.54, 1.807) is 0 Å². The van der Waals surface area contributed by atoms with E-state index in [9.17, 15) is 32.8 Å². The van der Waals surface area contributed by atoms with Gasteiger partial charge in [0.15, 0.2) is 0 Å². The predicted octanol–water partition coefficient (Wildman–Crippen LogP) is 3.42. The number of hydrogen-bond donors (Lipinski definition) is 1. The van der Waals surface area contributed by atoms with Crippen LogP contribution in [0.25, 0.3) is 5.69 Å². The number of nitrogens with zero attached hydrogens (tertiary/aromatic N) is 4. The molecule has 0 saturated heterocycles. The van der Waals surface area contributed by atoms with Crippen molar-refractivity contribution in [3.05, 3.63) is 81.4 Å². The number of nitro benzene ring substituents is 1. The van der Waals surface area contributed by atoms with E-state index in [4.69, 9.17) is 0 Å². The van der Waals surface area contributed by atoms with Crippen molar-refractivity contribution >= 4 is 5.69 Å². The molecule has 27 heavy (non-hydrogen) atoms. The lowest BCUT2D eigenvalue weighted by Crippen LogP contribution is -2.10. The largest absolute Gasteiger partial charge is 0.423 e. The third-order valence-corrected chi connectivity index (χ3v) is 3.72. The lowest BCUT2D eigenvalue weighted by Gasteiger charge is -2.09. The zero-order chi connectivity index (χ0) is 19.8. The molecule has 0 bridgehead atoms. The quantitative estimate of drug-likeness (QED) is 0.424. The Morgan fingerprint density at radius 1 is 1.15 bits per heavy atom. The van der Waals surface area contributed by atoms with Crippen LogP contribution in [0.3, 0.4) is 0 Å². The zero-order valence-corrected chi connectivity index (χ0v) is 13.3. The highest BCUT2D eigenvalue weighted by Crippen LogP contribution is 2.37. The van der Waals surface area contributed by atoms with Gasteiger partial charge in [0.25, 0.3) is 5.69 Å². The molecule has 3 aromatic rings. The van der Waals surface area contributed by atoms with E-state index in [-0.39, 0.29) is 11.4 Å². The van der Waals surface area contributed by atoms with Gasteiger partial charge >= 0.3 is 6.18 Å². The van der Waals surface area contributed by atoms with Crippen molar-refractivity contribution in [3.8, 4) is 5.69 Å². The minimum atomic E-state index is -4.94. The monoisotopic (exact) mass is 382 g/mol. The van der Waals surface area contributed by atoms with E-state index in [0.29, 0.717) is 11.6 Å². The lowest BCUT2D eigenvalue weighted by molar-refractivity contribution is -0.388. The Hall–Kier alpha value is -3.34. The molecule has 0 spiro atoms. The van der Waals surface area contributed by atoms with E-state index < -0.39 is 34.3 Å². The second kappa shape index (κ2) is 6.76. The Morgan fingerprint density at radius 3 is 2.41 bits per heavy atom. The molecular weight excluding hydrogens is 372 g/mol.